The van der Waals surface area contributed by atoms with Crippen molar-refractivity contribution in [3.63, 3.8) is 0 Å². The van der Waals surface area contributed by atoms with Crippen molar-refractivity contribution >= 4 is 0 Å². The number of ether oxygens (including phenoxy) is 1. The number of halogens is 5. The van der Waals surface area contributed by atoms with Crippen molar-refractivity contribution in [2.45, 2.75) is 50.8 Å². The van der Waals surface area contributed by atoms with Crippen LogP contribution in [0.25, 0.3) is 0 Å². The summed E-state index contributed by atoms with van der Waals surface area (Å²) in [5.74, 6) is -1.21. The first-order valence-corrected chi connectivity index (χ1v) is 8.68. The molecule has 7 heteroatoms. The van der Waals surface area contributed by atoms with Gasteiger partial charge in [0.05, 0.1) is 7.11 Å². The smallest absolute Gasteiger partial charge is 0.417 e. The lowest BCUT2D eigenvalue weighted by molar-refractivity contribution is -0.266. The van der Waals surface area contributed by atoms with Gasteiger partial charge in [-0.3, -0.25) is 0 Å². The van der Waals surface area contributed by atoms with E-state index in [1.807, 2.05) is 0 Å². The summed E-state index contributed by atoms with van der Waals surface area (Å²) in [6, 6.07) is 7.63. The van der Waals surface area contributed by atoms with Crippen LogP contribution in [0.3, 0.4) is 0 Å². The van der Waals surface area contributed by atoms with Crippen molar-refractivity contribution in [1.82, 2.24) is 0 Å². The van der Waals surface area contributed by atoms with Crippen LogP contribution in [0.4, 0.5) is 22.0 Å². The van der Waals surface area contributed by atoms with E-state index in [0.717, 1.165) is 12.1 Å². The van der Waals surface area contributed by atoms with Crippen LogP contribution in [-0.4, -0.2) is 24.0 Å². The third-order valence-electron chi connectivity index (χ3n) is 4.91. The molecule has 0 spiro atoms. The largest absolute Gasteiger partial charge is 0.496 e. The predicted molar refractivity (Wildman–Crippen MR) is 96.4 cm³/mol. The van der Waals surface area contributed by atoms with E-state index in [0.29, 0.717) is 0 Å². The molecule has 154 valence electrons. The second-order valence-corrected chi connectivity index (χ2v) is 7.66. The lowest BCUT2D eigenvalue weighted by Crippen LogP contribution is -2.51. The molecule has 0 bridgehead atoms. The van der Waals surface area contributed by atoms with E-state index in [1.54, 1.807) is 0 Å². The molecule has 0 aliphatic heterocycles. The molecule has 0 aliphatic rings. The molecular weight excluding hydrogens is 379 g/mol. The van der Waals surface area contributed by atoms with Gasteiger partial charge in [-0.2, -0.15) is 13.2 Å². The van der Waals surface area contributed by atoms with E-state index in [4.69, 9.17) is 4.74 Å². The second kappa shape index (κ2) is 7.70. The summed E-state index contributed by atoms with van der Waals surface area (Å²) in [6.07, 6.45) is -6.79. The maximum absolute atomic E-state index is 14.3. The number of hydrogen-bond donors (Lipinski definition) is 1. The van der Waals surface area contributed by atoms with Gasteiger partial charge in [-0.25, -0.2) is 8.78 Å². The fourth-order valence-electron chi connectivity index (χ4n) is 3.46. The number of aryl methyl sites for hydroxylation is 1. The van der Waals surface area contributed by atoms with Crippen LogP contribution in [0.1, 0.15) is 37.0 Å². The molecule has 1 unspecified atom stereocenters. The number of methoxy groups -OCH3 is 1. The Kier molecular flexibility index (Phi) is 6.09. The first kappa shape index (κ1) is 22.1. The molecule has 28 heavy (non-hydrogen) atoms. The van der Waals surface area contributed by atoms with Crippen LogP contribution >= 0.6 is 0 Å². The highest BCUT2D eigenvalue weighted by atomic mass is 19.4. The third kappa shape index (κ3) is 4.46. The quantitative estimate of drug-likeness (QED) is 0.648. The minimum atomic E-state index is -5.03. The van der Waals surface area contributed by atoms with Crippen molar-refractivity contribution in [3.8, 4) is 5.75 Å². The van der Waals surface area contributed by atoms with E-state index in [-0.39, 0.29) is 22.4 Å². The Labute approximate surface area is 161 Å². The van der Waals surface area contributed by atoms with Crippen molar-refractivity contribution < 1.29 is 31.8 Å². The van der Waals surface area contributed by atoms with E-state index in [1.165, 1.54) is 52.1 Å². The predicted octanol–water partition coefficient (Wildman–Crippen LogP) is 5.49. The van der Waals surface area contributed by atoms with Crippen LogP contribution in [0.15, 0.2) is 36.4 Å². The summed E-state index contributed by atoms with van der Waals surface area (Å²) in [6.45, 7) is 4.34. The number of benzene rings is 2. The van der Waals surface area contributed by atoms with Gasteiger partial charge in [-0.05, 0) is 48.1 Å². The molecular formula is C21H23F5O2. The Morgan fingerprint density at radius 1 is 1.04 bits per heavy atom. The number of aliphatic hydroxyl groups is 1. The fraction of sp³-hybridized carbons (Fsp3) is 0.429. The van der Waals surface area contributed by atoms with Gasteiger partial charge in [0.2, 0.25) is 0 Å². The molecule has 2 aromatic rings. The highest BCUT2D eigenvalue weighted by Crippen LogP contribution is 2.45. The van der Waals surface area contributed by atoms with Gasteiger partial charge in [0.25, 0.3) is 0 Å². The zero-order valence-electron chi connectivity index (χ0n) is 16.1. The highest BCUT2D eigenvalue weighted by molar-refractivity contribution is 5.40. The van der Waals surface area contributed by atoms with Gasteiger partial charge < -0.3 is 9.84 Å². The molecule has 0 saturated heterocycles. The molecule has 1 N–H and O–H groups in total. The Bertz CT molecular complexity index is 845. The number of alkyl halides is 3. The van der Waals surface area contributed by atoms with Crippen molar-refractivity contribution in [3.05, 3.63) is 64.7 Å². The normalized spacial score (nSPS) is 14.6. The molecule has 1 atom stereocenters. The van der Waals surface area contributed by atoms with Crippen molar-refractivity contribution in [2.75, 3.05) is 7.11 Å². The summed E-state index contributed by atoms with van der Waals surface area (Å²) >= 11 is 0. The van der Waals surface area contributed by atoms with Gasteiger partial charge in [0.1, 0.15) is 17.4 Å². The van der Waals surface area contributed by atoms with E-state index < -0.39 is 41.7 Å². The van der Waals surface area contributed by atoms with Gasteiger partial charge in [0, 0.05) is 12.0 Å². The van der Waals surface area contributed by atoms with E-state index >= 15 is 0 Å². The maximum atomic E-state index is 14.3. The Hall–Kier alpha value is -2.15. The fourth-order valence-corrected chi connectivity index (χ4v) is 3.46. The monoisotopic (exact) mass is 402 g/mol. The minimum Gasteiger partial charge on any atom is -0.496 e. The summed E-state index contributed by atoms with van der Waals surface area (Å²) < 4.78 is 74.7. The Morgan fingerprint density at radius 2 is 1.68 bits per heavy atom. The Morgan fingerprint density at radius 3 is 2.25 bits per heavy atom. The molecule has 0 heterocycles. The average Bonchev–Trinajstić information content (AvgIpc) is 2.57. The lowest BCUT2D eigenvalue weighted by Gasteiger charge is -2.38. The van der Waals surface area contributed by atoms with Gasteiger partial charge in [0.15, 0.2) is 5.60 Å². The summed E-state index contributed by atoms with van der Waals surface area (Å²) in [4.78, 5) is 0. The first-order chi connectivity index (χ1) is 12.8. The molecule has 0 aromatic heterocycles. The van der Waals surface area contributed by atoms with E-state index in [9.17, 15) is 27.1 Å². The second-order valence-electron chi connectivity index (χ2n) is 7.66. The van der Waals surface area contributed by atoms with Crippen LogP contribution in [0.2, 0.25) is 0 Å². The maximum Gasteiger partial charge on any atom is 0.417 e. The minimum absolute atomic E-state index is 0.183. The van der Waals surface area contributed by atoms with Crippen LogP contribution < -0.4 is 4.74 Å². The zero-order chi connectivity index (χ0) is 21.3. The van der Waals surface area contributed by atoms with Gasteiger partial charge in [-0.15, -0.1) is 0 Å². The first-order valence-electron chi connectivity index (χ1n) is 8.68. The molecule has 0 amide bonds. The third-order valence-corrected chi connectivity index (χ3v) is 4.91. The number of hydrogen-bond acceptors (Lipinski definition) is 2. The standard InChI is InChI=1S/C21H23F5O2/c1-13-6-5-7-14(18(13)23)11-20(27,21(24,25)26)12-19(2,3)16-10-15(22)8-9-17(16)28-4/h5-10,27H,11-12H2,1-4H3. The SMILES string of the molecule is COc1ccc(F)cc1C(C)(C)CC(O)(Cc1cccc(C)c1F)C(F)(F)F. The lowest BCUT2D eigenvalue weighted by atomic mass is 9.72. The molecule has 0 aliphatic carbocycles. The van der Waals surface area contributed by atoms with Crippen LogP contribution in [-0.2, 0) is 11.8 Å². The molecule has 0 saturated carbocycles. The van der Waals surface area contributed by atoms with Gasteiger partial charge in [-0.1, -0.05) is 32.0 Å². The highest BCUT2D eigenvalue weighted by Gasteiger charge is 2.56. The zero-order valence-corrected chi connectivity index (χ0v) is 16.1. The van der Waals surface area contributed by atoms with Crippen LogP contribution in [0, 0.1) is 18.6 Å². The van der Waals surface area contributed by atoms with Crippen molar-refractivity contribution in [2.24, 2.45) is 0 Å². The molecule has 2 rings (SSSR count). The van der Waals surface area contributed by atoms with Crippen LogP contribution in [0.5, 0.6) is 5.75 Å². The summed E-state index contributed by atoms with van der Waals surface area (Å²) in [5, 5.41) is 10.6. The number of rotatable bonds is 6. The molecule has 0 fully saturated rings. The molecule has 2 nitrogen and oxygen atoms in total. The Balaban J connectivity index is 2.49. The summed E-state index contributed by atoms with van der Waals surface area (Å²) in [7, 11) is 1.32. The molecule has 0 radical (unpaired) electrons. The summed E-state index contributed by atoms with van der Waals surface area (Å²) in [5.41, 5.74) is -4.40. The average molecular weight is 402 g/mol. The van der Waals surface area contributed by atoms with Crippen molar-refractivity contribution in [1.29, 1.82) is 0 Å². The van der Waals surface area contributed by atoms with E-state index in [2.05, 4.69) is 0 Å². The molecule has 2 aromatic carbocycles. The topological polar surface area (TPSA) is 29.5 Å². The van der Waals surface area contributed by atoms with Gasteiger partial charge >= 0.3 is 6.18 Å².